The monoisotopic (exact) mass is 469 g/mol. The Balaban J connectivity index is 2.32. The van der Waals surface area contributed by atoms with Gasteiger partial charge in [0.05, 0.1) is 13.4 Å². The van der Waals surface area contributed by atoms with E-state index < -0.39 is 10.1 Å². The van der Waals surface area contributed by atoms with Crippen molar-refractivity contribution in [1.29, 1.82) is 0 Å². The number of nitrogens with zero attached hydrogens (tertiary/aromatic N) is 1. The zero-order valence-electron chi connectivity index (χ0n) is 16.3. The van der Waals surface area contributed by atoms with Crippen molar-refractivity contribution in [2.24, 2.45) is 5.92 Å². The summed E-state index contributed by atoms with van der Waals surface area (Å²) >= 11 is 3.37. The van der Waals surface area contributed by atoms with Gasteiger partial charge in [-0.25, -0.2) is 0 Å². The van der Waals surface area contributed by atoms with Gasteiger partial charge in [-0.05, 0) is 47.9 Å². The molecule has 2 rings (SSSR count). The van der Waals surface area contributed by atoms with Crippen LogP contribution in [-0.2, 0) is 16.7 Å². The minimum absolute atomic E-state index is 0.0948. The van der Waals surface area contributed by atoms with Gasteiger partial charge in [-0.1, -0.05) is 35.8 Å². The summed E-state index contributed by atoms with van der Waals surface area (Å²) in [4.78, 5) is 14.7. The fraction of sp³-hybridized carbons (Fsp3) is 0.350. The van der Waals surface area contributed by atoms with Crippen molar-refractivity contribution >= 4 is 32.0 Å². The van der Waals surface area contributed by atoms with Crippen LogP contribution in [0.3, 0.4) is 0 Å². The Labute approximate surface area is 174 Å². The maximum Gasteiger partial charge on any atom is 0.306 e. The summed E-state index contributed by atoms with van der Waals surface area (Å²) in [6.07, 6.45) is 0.973. The lowest BCUT2D eigenvalue weighted by Crippen LogP contribution is -2.33. The van der Waals surface area contributed by atoms with E-state index in [9.17, 15) is 13.2 Å². The zero-order chi connectivity index (χ0) is 20.9. The number of amides is 1. The number of halogens is 1. The summed E-state index contributed by atoms with van der Waals surface area (Å²) in [7, 11) is -2.27. The lowest BCUT2D eigenvalue weighted by atomic mass is 10.1. The van der Waals surface area contributed by atoms with Crippen LogP contribution in [0.1, 0.15) is 29.8 Å². The largest absolute Gasteiger partial charge is 0.493 e. The van der Waals surface area contributed by atoms with E-state index in [4.69, 9.17) is 8.92 Å². The number of ether oxygens (including phenoxy) is 1. The summed E-state index contributed by atoms with van der Waals surface area (Å²) in [5.41, 5.74) is 1.33. The van der Waals surface area contributed by atoms with Crippen molar-refractivity contribution in [3.05, 3.63) is 58.1 Å². The molecular formula is C20H24BrNO5S. The second-order valence-corrected chi connectivity index (χ2v) is 9.35. The third-order valence-electron chi connectivity index (χ3n) is 3.81. The van der Waals surface area contributed by atoms with E-state index in [0.717, 1.165) is 16.3 Å². The third kappa shape index (κ3) is 6.53. The molecule has 0 aliphatic heterocycles. The molecule has 0 saturated heterocycles. The molecule has 1 amide bonds. The second-order valence-electron chi connectivity index (χ2n) is 6.86. The Morgan fingerprint density at radius 3 is 2.29 bits per heavy atom. The first-order chi connectivity index (χ1) is 13.1. The van der Waals surface area contributed by atoms with E-state index in [1.807, 2.05) is 26.0 Å². The van der Waals surface area contributed by atoms with Crippen molar-refractivity contribution in [3.8, 4) is 11.5 Å². The zero-order valence-corrected chi connectivity index (χ0v) is 18.7. The Hall–Kier alpha value is -2.06. The molecule has 0 aromatic heterocycles. The highest BCUT2D eigenvalue weighted by Gasteiger charge is 2.19. The van der Waals surface area contributed by atoms with Crippen LogP contribution in [0, 0.1) is 5.92 Å². The first-order valence-corrected chi connectivity index (χ1v) is 11.3. The third-order valence-corrected chi connectivity index (χ3v) is 4.82. The van der Waals surface area contributed by atoms with Crippen molar-refractivity contribution in [2.45, 2.75) is 20.4 Å². The first-order valence-electron chi connectivity index (χ1n) is 8.70. The van der Waals surface area contributed by atoms with Gasteiger partial charge in [-0.15, -0.1) is 0 Å². The van der Waals surface area contributed by atoms with Crippen LogP contribution in [0.25, 0.3) is 0 Å². The van der Waals surface area contributed by atoms with Gasteiger partial charge in [0.1, 0.15) is 0 Å². The lowest BCUT2D eigenvalue weighted by Gasteiger charge is -2.25. The summed E-state index contributed by atoms with van der Waals surface area (Å²) < 4.78 is 34.1. The van der Waals surface area contributed by atoms with Crippen LogP contribution in [0.4, 0.5) is 0 Å². The van der Waals surface area contributed by atoms with Crippen molar-refractivity contribution in [3.63, 3.8) is 0 Å². The van der Waals surface area contributed by atoms with Crippen LogP contribution in [0.15, 0.2) is 46.9 Å². The number of hydrogen-bond donors (Lipinski definition) is 0. The molecule has 0 unspecified atom stereocenters. The quantitative estimate of drug-likeness (QED) is 0.544. The van der Waals surface area contributed by atoms with Gasteiger partial charge in [0.25, 0.3) is 5.91 Å². The summed E-state index contributed by atoms with van der Waals surface area (Å²) in [6, 6.07) is 12.2. The molecule has 0 saturated carbocycles. The fourth-order valence-electron chi connectivity index (χ4n) is 2.70. The van der Waals surface area contributed by atoms with E-state index in [0.29, 0.717) is 24.4 Å². The Morgan fingerprint density at radius 2 is 1.75 bits per heavy atom. The smallest absolute Gasteiger partial charge is 0.306 e. The van der Waals surface area contributed by atoms with E-state index in [1.54, 1.807) is 35.2 Å². The topological polar surface area (TPSA) is 72.9 Å². The Kier molecular flexibility index (Phi) is 7.48. The van der Waals surface area contributed by atoms with Crippen LogP contribution in [0.2, 0.25) is 0 Å². The Morgan fingerprint density at radius 1 is 1.11 bits per heavy atom. The molecule has 6 nitrogen and oxygen atoms in total. The molecule has 0 radical (unpaired) electrons. The van der Waals surface area contributed by atoms with Gasteiger partial charge in [-0.2, -0.15) is 8.42 Å². The van der Waals surface area contributed by atoms with Gasteiger partial charge in [-0.3, -0.25) is 4.79 Å². The van der Waals surface area contributed by atoms with Crippen molar-refractivity contribution in [2.75, 3.05) is 19.9 Å². The molecule has 0 atom stereocenters. The number of carbonyl (C=O) groups excluding carboxylic acids is 1. The van der Waals surface area contributed by atoms with Gasteiger partial charge in [0.15, 0.2) is 11.5 Å². The predicted molar refractivity (Wildman–Crippen MR) is 112 cm³/mol. The average molecular weight is 470 g/mol. The molecule has 2 aromatic rings. The van der Waals surface area contributed by atoms with Crippen molar-refractivity contribution in [1.82, 2.24) is 4.90 Å². The molecule has 0 spiro atoms. The van der Waals surface area contributed by atoms with E-state index in [-0.39, 0.29) is 17.6 Å². The van der Waals surface area contributed by atoms with Gasteiger partial charge in [0.2, 0.25) is 0 Å². The van der Waals surface area contributed by atoms with Crippen LogP contribution in [0.5, 0.6) is 11.5 Å². The lowest BCUT2D eigenvalue weighted by molar-refractivity contribution is 0.0722. The van der Waals surface area contributed by atoms with Gasteiger partial charge >= 0.3 is 10.1 Å². The normalized spacial score (nSPS) is 11.4. The van der Waals surface area contributed by atoms with Gasteiger partial charge in [0, 0.05) is 23.1 Å². The molecule has 0 bridgehead atoms. The van der Waals surface area contributed by atoms with Crippen LogP contribution < -0.4 is 8.92 Å². The SMILES string of the molecule is COc1ccc(CN(CC(C)C)C(=O)c2ccc(Br)cc2)cc1OS(C)(=O)=O. The van der Waals surface area contributed by atoms with Crippen LogP contribution >= 0.6 is 15.9 Å². The maximum atomic E-state index is 13.0. The molecular weight excluding hydrogens is 446 g/mol. The Bertz CT molecular complexity index is 926. The number of hydrogen-bond acceptors (Lipinski definition) is 5. The maximum absolute atomic E-state index is 13.0. The van der Waals surface area contributed by atoms with E-state index >= 15 is 0 Å². The molecule has 2 aromatic carbocycles. The highest BCUT2D eigenvalue weighted by atomic mass is 79.9. The molecule has 0 aliphatic rings. The highest BCUT2D eigenvalue weighted by Crippen LogP contribution is 2.30. The van der Waals surface area contributed by atoms with Crippen LogP contribution in [-0.4, -0.2) is 39.1 Å². The van der Waals surface area contributed by atoms with E-state index in [2.05, 4.69) is 15.9 Å². The summed E-state index contributed by atoms with van der Waals surface area (Å²) in [5, 5.41) is 0. The molecule has 0 aliphatic carbocycles. The number of carbonyl (C=O) groups is 1. The molecule has 0 fully saturated rings. The number of rotatable bonds is 8. The number of methoxy groups -OCH3 is 1. The van der Waals surface area contributed by atoms with Gasteiger partial charge < -0.3 is 13.8 Å². The average Bonchev–Trinajstić information content (AvgIpc) is 2.60. The van der Waals surface area contributed by atoms with E-state index in [1.165, 1.54) is 7.11 Å². The first kappa shape index (κ1) is 22.2. The standard InChI is InChI=1S/C20H24BrNO5S/c1-14(2)12-22(20(23)16-6-8-17(21)9-7-16)13-15-5-10-18(26-3)19(11-15)27-28(4,24)25/h5-11,14H,12-13H2,1-4H3. The molecule has 0 heterocycles. The fourth-order valence-corrected chi connectivity index (χ4v) is 3.42. The molecule has 152 valence electrons. The molecule has 28 heavy (non-hydrogen) atoms. The van der Waals surface area contributed by atoms with Crippen molar-refractivity contribution < 1.29 is 22.1 Å². The summed E-state index contributed by atoms with van der Waals surface area (Å²) in [5.74, 6) is 0.582. The second kappa shape index (κ2) is 9.43. The number of benzene rings is 2. The minimum atomic E-state index is -3.70. The molecule has 0 N–H and O–H groups in total. The minimum Gasteiger partial charge on any atom is -0.493 e. The molecule has 8 heteroatoms. The predicted octanol–water partition coefficient (Wildman–Crippen LogP) is 4.09. The summed E-state index contributed by atoms with van der Waals surface area (Å²) in [6.45, 7) is 4.95. The highest BCUT2D eigenvalue weighted by molar-refractivity contribution is 9.10.